The lowest BCUT2D eigenvalue weighted by Crippen LogP contribution is -2.68. The van der Waals surface area contributed by atoms with E-state index in [2.05, 4.69) is 26.1 Å². The van der Waals surface area contributed by atoms with Gasteiger partial charge in [-0.1, -0.05) is 20.3 Å². The standard InChI is InChI=1S/C18H33NO2/c1-4-21-15-12-14(18(15)6-5-7-18)19-13-17(20)10-8-16(2,3)9-11-17/h14-15,19-20H,4-13H2,1-3H3. The van der Waals surface area contributed by atoms with Crippen molar-refractivity contribution in [1.82, 2.24) is 5.32 Å². The zero-order valence-electron chi connectivity index (χ0n) is 14.1. The SMILES string of the molecule is CCOC1CC(NCC2(O)CCC(C)(C)CC2)C12CCC2. The molecule has 0 aromatic carbocycles. The fourth-order valence-corrected chi connectivity index (χ4v) is 4.61. The Balaban J connectivity index is 1.50. The van der Waals surface area contributed by atoms with Gasteiger partial charge in [-0.25, -0.2) is 0 Å². The zero-order chi connectivity index (χ0) is 15.1. The molecule has 0 aliphatic heterocycles. The summed E-state index contributed by atoms with van der Waals surface area (Å²) in [6.45, 7) is 8.34. The third-order valence-electron chi connectivity index (χ3n) is 6.65. The van der Waals surface area contributed by atoms with Gasteiger partial charge in [0, 0.05) is 24.6 Å². The van der Waals surface area contributed by atoms with E-state index in [-0.39, 0.29) is 0 Å². The topological polar surface area (TPSA) is 41.5 Å². The van der Waals surface area contributed by atoms with Gasteiger partial charge in [0.15, 0.2) is 0 Å². The minimum absolute atomic E-state index is 0.403. The molecule has 3 fully saturated rings. The summed E-state index contributed by atoms with van der Waals surface area (Å²) in [6.07, 6.45) is 9.74. The molecule has 2 atom stereocenters. The average molecular weight is 295 g/mol. The van der Waals surface area contributed by atoms with Crippen LogP contribution in [0, 0.1) is 10.8 Å². The van der Waals surface area contributed by atoms with Gasteiger partial charge in [-0.3, -0.25) is 0 Å². The van der Waals surface area contributed by atoms with Crippen LogP contribution >= 0.6 is 0 Å². The molecule has 0 heterocycles. The van der Waals surface area contributed by atoms with Gasteiger partial charge in [0.25, 0.3) is 0 Å². The molecule has 0 saturated heterocycles. The molecule has 0 radical (unpaired) electrons. The van der Waals surface area contributed by atoms with Crippen molar-refractivity contribution >= 4 is 0 Å². The molecule has 1 spiro atoms. The van der Waals surface area contributed by atoms with Crippen molar-refractivity contribution in [1.29, 1.82) is 0 Å². The summed E-state index contributed by atoms with van der Waals surface area (Å²) in [7, 11) is 0. The summed E-state index contributed by atoms with van der Waals surface area (Å²) < 4.78 is 5.91. The Morgan fingerprint density at radius 2 is 1.76 bits per heavy atom. The predicted octanol–water partition coefficient (Wildman–Crippen LogP) is 3.26. The van der Waals surface area contributed by atoms with E-state index in [1.807, 2.05) is 0 Å². The van der Waals surface area contributed by atoms with E-state index in [9.17, 15) is 5.11 Å². The first kappa shape index (κ1) is 15.8. The van der Waals surface area contributed by atoms with E-state index in [1.54, 1.807) is 0 Å². The van der Waals surface area contributed by atoms with Crippen LogP contribution in [0.4, 0.5) is 0 Å². The summed E-state index contributed by atoms with van der Waals surface area (Å²) in [5.74, 6) is 0. The van der Waals surface area contributed by atoms with Crippen LogP contribution in [-0.2, 0) is 4.74 Å². The first-order valence-electron chi connectivity index (χ1n) is 8.97. The lowest BCUT2D eigenvalue weighted by atomic mass is 9.51. The van der Waals surface area contributed by atoms with Gasteiger partial charge < -0.3 is 15.2 Å². The molecule has 3 rings (SSSR count). The van der Waals surface area contributed by atoms with Gasteiger partial charge in [0.1, 0.15) is 0 Å². The van der Waals surface area contributed by atoms with Crippen molar-refractivity contribution in [3.05, 3.63) is 0 Å². The van der Waals surface area contributed by atoms with E-state index in [0.717, 1.165) is 45.3 Å². The molecule has 3 saturated carbocycles. The molecule has 3 aliphatic rings. The molecule has 21 heavy (non-hydrogen) atoms. The molecule has 0 bridgehead atoms. The van der Waals surface area contributed by atoms with Crippen LogP contribution in [-0.4, -0.2) is 36.0 Å². The van der Waals surface area contributed by atoms with Crippen molar-refractivity contribution in [2.24, 2.45) is 10.8 Å². The predicted molar refractivity (Wildman–Crippen MR) is 85.3 cm³/mol. The van der Waals surface area contributed by atoms with Gasteiger partial charge in [0.2, 0.25) is 0 Å². The monoisotopic (exact) mass is 295 g/mol. The first-order valence-corrected chi connectivity index (χ1v) is 8.97. The minimum Gasteiger partial charge on any atom is -0.389 e. The van der Waals surface area contributed by atoms with Crippen molar-refractivity contribution in [3.63, 3.8) is 0 Å². The van der Waals surface area contributed by atoms with Crippen LogP contribution in [0.3, 0.4) is 0 Å². The number of aliphatic hydroxyl groups is 1. The first-order chi connectivity index (χ1) is 9.89. The van der Waals surface area contributed by atoms with E-state index >= 15 is 0 Å². The third-order valence-corrected chi connectivity index (χ3v) is 6.65. The van der Waals surface area contributed by atoms with Gasteiger partial charge in [0.05, 0.1) is 11.7 Å². The highest BCUT2D eigenvalue weighted by Gasteiger charge is 2.58. The van der Waals surface area contributed by atoms with E-state index in [4.69, 9.17) is 4.74 Å². The van der Waals surface area contributed by atoms with Gasteiger partial charge >= 0.3 is 0 Å². The molecule has 0 aromatic rings. The molecule has 3 heteroatoms. The molecule has 3 nitrogen and oxygen atoms in total. The normalized spacial score (nSPS) is 36.0. The lowest BCUT2D eigenvalue weighted by Gasteiger charge is -2.61. The Morgan fingerprint density at radius 1 is 1.10 bits per heavy atom. The van der Waals surface area contributed by atoms with E-state index in [1.165, 1.54) is 19.3 Å². The quantitative estimate of drug-likeness (QED) is 0.818. The number of hydrogen-bond donors (Lipinski definition) is 2. The van der Waals surface area contributed by atoms with Crippen LogP contribution in [0.15, 0.2) is 0 Å². The summed E-state index contributed by atoms with van der Waals surface area (Å²) in [5, 5.41) is 14.5. The van der Waals surface area contributed by atoms with Gasteiger partial charge in [-0.05, 0) is 57.3 Å². The molecule has 2 N–H and O–H groups in total. The third kappa shape index (κ3) is 2.89. The van der Waals surface area contributed by atoms with E-state index in [0.29, 0.717) is 23.0 Å². The Labute approximate surface area is 129 Å². The zero-order valence-corrected chi connectivity index (χ0v) is 14.1. The smallest absolute Gasteiger partial charge is 0.0772 e. The maximum Gasteiger partial charge on any atom is 0.0772 e. The van der Waals surface area contributed by atoms with Crippen LogP contribution in [0.25, 0.3) is 0 Å². The molecule has 2 unspecified atom stereocenters. The number of ether oxygens (including phenoxy) is 1. The Kier molecular flexibility index (Phi) is 4.13. The number of rotatable bonds is 5. The molecule has 0 amide bonds. The largest absolute Gasteiger partial charge is 0.389 e. The minimum atomic E-state index is -0.475. The highest BCUT2D eigenvalue weighted by Crippen LogP contribution is 2.57. The van der Waals surface area contributed by atoms with Crippen molar-refractivity contribution in [2.75, 3.05) is 13.2 Å². The highest BCUT2D eigenvalue weighted by atomic mass is 16.5. The maximum absolute atomic E-state index is 10.8. The average Bonchev–Trinajstić information content (AvgIpc) is 2.35. The summed E-state index contributed by atoms with van der Waals surface area (Å²) >= 11 is 0. The summed E-state index contributed by atoms with van der Waals surface area (Å²) in [4.78, 5) is 0. The highest BCUT2D eigenvalue weighted by molar-refractivity contribution is 5.12. The van der Waals surface area contributed by atoms with Crippen molar-refractivity contribution in [3.8, 4) is 0 Å². The molecule has 3 aliphatic carbocycles. The molecule has 122 valence electrons. The summed E-state index contributed by atoms with van der Waals surface area (Å²) in [6, 6.07) is 0.571. The Bertz CT molecular complexity index is 365. The fraction of sp³-hybridized carbons (Fsp3) is 1.00. The van der Waals surface area contributed by atoms with Crippen LogP contribution < -0.4 is 5.32 Å². The Hall–Kier alpha value is -0.120. The second-order valence-corrected chi connectivity index (χ2v) is 8.59. The van der Waals surface area contributed by atoms with Gasteiger partial charge in [-0.2, -0.15) is 0 Å². The summed E-state index contributed by atoms with van der Waals surface area (Å²) in [5.41, 5.74) is 0.343. The molecular weight excluding hydrogens is 262 g/mol. The van der Waals surface area contributed by atoms with Gasteiger partial charge in [-0.15, -0.1) is 0 Å². The van der Waals surface area contributed by atoms with E-state index < -0.39 is 5.60 Å². The second kappa shape index (κ2) is 5.50. The van der Waals surface area contributed by atoms with Crippen LogP contribution in [0.1, 0.15) is 72.1 Å². The molecular formula is C18H33NO2. The van der Waals surface area contributed by atoms with Crippen molar-refractivity contribution < 1.29 is 9.84 Å². The van der Waals surface area contributed by atoms with Crippen LogP contribution in [0.5, 0.6) is 0 Å². The van der Waals surface area contributed by atoms with Crippen molar-refractivity contribution in [2.45, 2.75) is 89.9 Å². The van der Waals surface area contributed by atoms with Crippen LogP contribution in [0.2, 0.25) is 0 Å². The Morgan fingerprint density at radius 3 is 2.29 bits per heavy atom. The second-order valence-electron chi connectivity index (χ2n) is 8.59. The number of hydrogen-bond acceptors (Lipinski definition) is 3. The molecule has 0 aromatic heterocycles. The lowest BCUT2D eigenvalue weighted by molar-refractivity contribution is -0.176. The maximum atomic E-state index is 10.8. The number of nitrogens with one attached hydrogen (secondary N) is 1. The fourth-order valence-electron chi connectivity index (χ4n) is 4.61.